The van der Waals surface area contributed by atoms with Gasteiger partial charge in [-0.1, -0.05) is 11.6 Å². The zero-order valence-corrected chi connectivity index (χ0v) is 13.3. The second-order valence-electron chi connectivity index (χ2n) is 5.17. The van der Waals surface area contributed by atoms with Gasteiger partial charge in [0.1, 0.15) is 5.75 Å². The van der Waals surface area contributed by atoms with Gasteiger partial charge in [-0.05, 0) is 38.1 Å². The van der Waals surface area contributed by atoms with Crippen molar-refractivity contribution in [1.29, 1.82) is 0 Å². The first-order chi connectivity index (χ1) is 9.84. The van der Waals surface area contributed by atoms with Gasteiger partial charge in [0.15, 0.2) is 6.10 Å². The summed E-state index contributed by atoms with van der Waals surface area (Å²) in [6, 6.07) is 6.77. The first kappa shape index (κ1) is 17.8. The summed E-state index contributed by atoms with van der Waals surface area (Å²) in [5, 5.41) is 13.3. The van der Waals surface area contributed by atoms with Crippen molar-refractivity contribution in [3.63, 3.8) is 0 Å². The van der Waals surface area contributed by atoms with Crippen LogP contribution in [-0.4, -0.2) is 43.0 Å². The molecule has 1 amide bonds. The summed E-state index contributed by atoms with van der Waals surface area (Å²) in [6.07, 6.45) is -0.222. The van der Waals surface area contributed by atoms with Crippen LogP contribution in [0.25, 0.3) is 0 Å². The number of carbonyl (C=O) groups excluding carboxylic acids is 1. The van der Waals surface area contributed by atoms with Crippen molar-refractivity contribution in [3.8, 4) is 5.75 Å². The maximum Gasteiger partial charge on any atom is 0.260 e. The quantitative estimate of drug-likeness (QED) is 0.770. The number of amides is 1. The van der Waals surface area contributed by atoms with Crippen molar-refractivity contribution in [1.82, 2.24) is 5.32 Å². The lowest BCUT2D eigenvalue weighted by Crippen LogP contribution is -2.45. The number of nitrogens with one attached hydrogen (secondary N) is 1. The molecule has 2 atom stereocenters. The second-order valence-corrected chi connectivity index (χ2v) is 5.61. The first-order valence-electron chi connectivity index (χ1n) is 6.75. The van der Waals surface area contributed by atoms with Gasteiger partial charge in [0.25, 0.3) is 5.91 Å². The average Bonchev–Trinajstić information content (AvgIpc) is 2.45. The summed E-state index contributed by atoms with van der Waals surface area (Å²) in [5.41, 5.74) is -1.01. The fraction of sp³-hybridized carbons (Fsp3) is 0.533. The molecule has 0 fully saturated rings. The Morgan fingerprint density at radius 3 is 2.62 bits per heavy atom. The molecule has 1 rings (SSSR count). The molecule has 0 aliphatic rings. The number of rotatable bonds is 8. The normalized spacial score (nSPS) is 15.1. The fourth-order valence-electron chi connectivity index (χ4n) is 1.60. The Morgan fingerprint density at radius 2 is 2.05 bits per heavy atom. The van der Waals surface area contributed by atoms with E-state index in [4.69, 9.17) is 21.1 Å². The second kappa shape index (κ2) is 8.22. The van der Waals surface area contributed by atoms with Gasteiger partial charge in [-0.15, -0.1) is 0 Å². The van der Waals surface area contributed by atoms with Crippen LogP contribution in [0.4, 0.5) is 0 Å². The number of hydrogen-bond acceptors (Lipinski definition) is 4. The van der Waals surface area contributed by atoms with Crippen LogP contribution >= 0.6 is 11.6 Å². The van der Waals surface area contributed by atoms with Crippen LogP contribution in [0.15, 0.2) is 24.3 Å². The lowest BCUT2D eigenvalue weighted by Gasteiger charge is -2.24. The van der Waals surface area contributed by atoms with E-state index in [-0.39, 0.29) is 12.5 Å². The molecule has 2 unspecified atom stereocenters. The monoisotopic (exact) mass is 315 g/mol. The number of halogens is 1. The van der Waals surface area contributed by atoms with Crippen molar-refractivity contribution in [2.45, 2.75) is 32.0 Å². The minimum absolute atomic E-state index is 0.142. The predicted octanol–water partition coefficient (Wildman–Crippen LogP) is 2.01. The Hall–Kier alpha value is -1.30. The van der Waals surface area contributed by atoms with Gasteiger partial charge in [0.2, 0.25) is 0 Å². The standard InChI is InChI=1S/C15H22ClNO4/c1-11(21-13-6-4-12(16)5-7-13)14(18)17-10-15(2,19)8-9-20-3/h4-7,11,19H,8-10H2,1-3H3,(H,17,18). The average molecular weight is 316 g/mol. The van der Waals surface area contributed by atoms with Crippen LogP contribution in [0.1, 0.15) is 20.3 Å². The molecule has 5 nitrogen and oxygen atoms in total. The lowest BCUT2D eigenvalue weighted by molar-refractivity contribution is -0.128. The molecule has 0 aliphatic carbocycles. The van der Waals surface area contributed by atoms with Gasteiger partial charge in [0, 0.05) is 31.7 Å². The van der Waals surface area contributed by atoms with E-state index in [2.05, 4.69) is 5.32 Å². The third-order valence-electron chi connectivity index (χ3n) is 2.98. The highest BCUT2D eigenvalue weighted by atomic mass is 35.5. The maximum atomic E-state index is 11.9. The van der Waals surface area contributed by atoms with E-state index in [0.717, 1.165) is 0 Å². The molecule has 21 heavy (non-hydrogen) atoms. The van der Waals surface area contributed by atoms with E-state index in [1.807, 2.05) is 0 Å². The van der Waals surface area contributed by atoms with Gasteiger partial charge in [-0.2, -0.15) is 0 Å². The molecule has 0 radical (unpaired) electrons. The predicted molar refractivity (Wildman–Crippen MR) is 81.7 cm³/mol. The Balaban J connectivity index is 2.42. The first-order valence-corrected chi connectivity index (χ1v) is 7.13. The molecule has 6 heteroatoms. The van der Waals surface area contributed by atoms with E-state index in [1.165, 1.54) is 0 Å². The van der Waals surface area contributed by atoms with Crippen molar-refractivity contribution in [2.75, 3.05) is 20.3 Å². The molecule has 0 heterocycles. The van der Waals surface area contributed by atoms with Crippen LogP contribution in [0, 0.1) is 0 Å². The minimum Gasteiger partial charge on any atom is -0.481 e. The zero-order valence-electron chi connectivity index (χ0n) is 12.6. The van der Waals surface area contributed by atoms with E-state index in [9.17, 15) is 9.90 Å². The Kier molecular flexibility index (Phi) is 6.95. The molecule has 1 aromatic carbocycles. The topological polar surface area (TPSA) is 67.8 Å². The summed E-state index contributed by atoms with van der Waals surface area (Å²) in [7, 11) is 1.57. The van der Waals surface area contributed by atoms with Crippen molar-refractivity contribution < 1.29 is 19.4 Å². The largest absolute Gasteiger partial charge is 0.481 e. The Labute approximate surface area is 130 Å². The van der Waals surface area contributed by atoms with Crippen molar-refractivity contribution >= 4 is 17.5 Å². The van der Waals surface area contributed by atoms with Crippen molar-refractivity contribution in [2.24, 2.45) is 0 Å². The van der Waals surface area contributed by atoms with Gasteiger partial charge in [0.05, 0.1) is 5.60 Å². The summed E-state index contributed by atoms with van der Waals surface area (Å²) in [4.78, 5) is 11.9. The van der Waals surface area contributed by atoms with Gasteiger partial charge in [-0.25, -0.2) is 0 Å². The molecule has 118 valence electrons. The van der Waals surface area contributed by atoms with Gasteiger partial charge in [-0.3, -0.25) is 4.79 Å². The highest BCUT2D eigenvalue weighted by Gasteiger charge is 2.23. The highest BCUT2D eigenvalue weighted by molar-refractivity contribution is 6.30. The van der Waals surface area contributed by atoms with Crippen LogP contribution in [0.2, 0.25) is 5.02 Å². The highest BCUT2D eigenvalue weighted by Crippen LogP contribution is 2.17. The van der Waals surface area contributed by atoms with E-state index in [0.29, 0.717) is 23.8 Å². The van der Waals surface area contributed by atoms with Gasteiger partial charge >= 0.3 is 0 Å². The van der Waals surface area contributed by atoms with E-state index >= 15 is 0 Å². The van der Waals surface area contributed by atoms with Crippen LogP contribution in [-0.2, 0) is 9.53 Å². The SMILES string of the molecule is COCCC(C)(O)CNC(=O)C(C)Oc1ccc(Cl)cc1. The molecule has 1 aromatic rings. The van der Waals surface area contributed by atoms with Crippen molar-refractivity contribution in [3.05, 3.63) is 29.3 Å². The molecule has 0 aromatic heterocycles. The number of ether oxygens (including phenoxy) is 2. The van der Waals surface area contributed by atoms with Crippen LogP contribution in [0.5, 0.6) is 5.75 Å². The number of carbonyl (C=O) groups is 1. The Bertz CT molecular complexity index is 447. The number of methoxy groups -OCH3 is 1. The fourth-order valence-corrected chi connectivity index (χ4v) is 1.73. The minimum atomic E-state index is -1.01. The molecule has 2 N–H and O–H groups in total. The number of benzene rings is 1. The third-order valence-corrected chi connectivity index (χ3v) is 3.24. The van der Waals surface area contributed by atoms with Crippen LogP contribution < -0.4 is 10.1 Å². The van der Waals surface area contributed by atoms with E-state index < -0.39 is 11.7 Å². The molecular formula is C15H22ClNO4. The van der Waals surface area contributed by atoms with E-state index in [1.54, 1.807) is 45.2 Å². The smallest absolute Gasteiger partial charge is 0.260 e. The number of hydrogen-bond donors (Lipinski definition) is 2. The lowest BCUT2D eigenvalue weighted by atomic mass is 10.0. The molecular weight excluding hydrogens is 294 g/mol. The molecule has 0 saturated heterocycles. The van der Waals surface area contributed by atoms with Gasteiger partial charge < -0.3 is 19.9 Å². The zero-order chi connectivity index (χ0) is 15.9. The summed E-state index contributed by atoms with van der Waals surface area (Å²) < 4.78 is 10.4. The molecule has 0 spiro atoms. The molecule has 0 saturated carbocycles. The summed E-state index contributed by atoms with van der Waals surface area (Å²) in [5.74, 6) is 0.274. The molecule has 0 aliphatic heterocycles. The maximum absolute atomic E-state index is 11.9. The summed E-state index contributed by atoms with van der Waals surface area (Å²) >= 11 is 5.78. The number of aliphatic hydroxyl groups is 1. The molecule has 0 bridgehead atoms. The summed E-state index contributed by atoms with van der Waals surface area (Å²) in [6.45, 7) is 3.87. The van der Waals surface area contributed by atoms with Crippen LogP contribution in [0.3, 0.4) is 0 Å². The Morgan fingerprint density at radius 1 is 1.43 bits per heavy atom. The third kappa shape index (κ3) is 6.80.